The molecule has 0 saturated carbocycles. The Kier molecular flexibility index (Phi) is 5.46. The lowest BCUT2D eigenvalue weighted by Gasteiger charge is -2.28. The normalized spacial score (nSPS) is 17.8. The third kappa shape index (κ3) is 3.16. The Morgan fingerprint density at radius 1 is 0.824 bits per heavy atom. The molecular formula is C25H27B2NO2S4. The van der Waals surface area contributed by atoms with Gasteiger partial charge in [-0.25, -0.2) is 0 Å². The molecule has 3 aromatic rings. The van der Waals surface area contributed by atoms with Crippen LogP contribution in [0.1, 0.15) is 84.9 Å². The van der Waals surface area contributed by atoms with E-state index in [4.69, 9.17) is 14.2 Å². The fourth-order valence-corrected chi connectivity index (χ4v) is 11.4. The SMILES string of the molecule is [B]S1([B])c2cc(-c3sc(C(C)(C)CC)c4c3C(=O)N(C)C4=O)sc2-c2sc(C(C)(C)CC)cc21. The molecule has 0 saturated heterocycles. The first kappa shape index (κ1) is 24.4. The number of nitrogens with zero attached hydrogens (tertiary/aromatic N) is 1. The molecule has 5 rings (SSSR count). The number of imide groups is 1. The van der Waals surface area contributed by atoms with Gasteiger partial charge in [-0.2, -0.15) is 0 Å². The standard InChI is InChI=1S/C25H27B2NO2S4/c1-8-24(3,4)15-11-14-20(32-15)19-13(34(14,26)27)10-12(31-19)18-16-17(23(30)28(7)22(16)29)21(33-18)25(5,6)9-2/h10-11H,8-9H2,1-7H3. The second-order valence-electron chi connectivity index (χ2n) is 10.5. The molecule has 0 aliphatic carbocycles. The summed E-state index contributed by atoms with van der Waals surface area (Å²) in [7, 11) is 13.1. The molecule has 0 N–H and O–H groups in total. The van der Waals surface area contributed by atoms with Crippen molar-refractivity contribution in [2.75, 3.05) is 7.05 Å². The van der Waals surface area contributed by atoms with Gasteiger partial charge in [0.1, 0.15) is 14.2 Å². The molecule has 0 bridgehead atoms. The Hall–Kier alpha value is -1.28. The van der Waals surface area contributed by atoms with E-state index in [9.17, 15) is 9.59 Å². The van der Waals surface area contributed by atoms with Crippen molar-refractivity contribution in [2.45, 2.75) is 75.0 Å². The molecule has 0 atom stereocenters. The monoisotopic (exact) mass is 523 g/mol. The van der Waals surface area contributed by atoms with Crippen LogP contribution in [0.2, 0.25) is 0 Å². The number of amides is 2. The first-order valence-corrected chi connectivity index (χ1v) is 15.6. The van der Waals surface area contributed by atoms with E-state index in [2.05, 4.69) is 53.7 Å². The average molecular weight is 523 g/mol. The second kappa shape index (κ2) is 7.61. The smallest absolute Gasteiger partial charge is 0.262 e. The van der Waals surface area contributed by atoms with Crippen LogP contribution in [-0.2, 0) is 10.8 Å². The maximum absolute atomic E-state index is 13.2. The first-order chi connectivity index (χ1) is 15.8. The van der Waals surface area contributed by atoms with Gasteiger partial charge in [-0.15, -0.1) is 34.0 Å². The molecule has 34 heavy (non-hydrogen) atoms. The Balaban J connectivity index is 1.71. The van der Waals surface area contributed by atoms with Crippen LogP contribution in [-0.4, -0.2) is 38.0 Å². The molecule has 4 radical (unpaired) electrons. The summed E-state index contributed by atoms with van der Waals surface area (Å²) < 4.78 is 0. The molecule has 0 fully saturated rings. The summed E-state index contributed by atoms with van der Waals surface area (Å²) in [5.74, 6) is -0.423. The van der Waals surface area contributed by atoms with E-state index in [1.54, 1.807) is 41.1 Å². The zero-order chi connectivity index (χ0) is 25.0. The van der Waals surface area contributed by atoms with Crippen LogP contribution in [0.5, 0.6) is 0 Å². The number of carbonyl (C=O) groups is 2. The molecule has 2 amide bonds. The zero-order valence-electron chi connectivity index (χ0n) is 20.6. The fraction of sp³-hybridized carbons (Fsp3) is 0.440. The molecule has 2 aliphatic heterocycles. The minimum atomic E-state index is -2.11. The van der Waals surface area contributed by atoms with Crippen molar-refractivity contribution in [1.82, 2.24) is 4.90 Å². The van der Waals surface area contributed by atoms with Crippen molar-refractivity contribution in [2.24, 2.45) is 0 Å². The number of hydrogen-bond acceptors (Lipinski definition) is 5. The van der Waals surface area contributed by atoms with E-state index >= 15 is 0 Å². The van der Waals surface area contributed by atoms with Gasteiger partial charge in [0.05, 0.1) is 25.8 Å². The van der Waals surface area contributed by atoms with E-state index in [-0.39, 0.29) is 22.6 Å². The number of rotatable bonds is 5. The molecule has 2 aliphatic rings. The van der Waals surface area contributed by atoms with Crippen LogP contribution < -0.4 is 0 Å². The largest absolute Gasteiger partial charge is 0.277 e. The Labute approximate surface area is 217 Å². The van der Waals surface area contributed by atoms with Crippen molar-refractivity contribution < 1.29 is 9.59 Å². The highest BCUT2D eigenvalue weighted by molar-refractivity contribution is 8.64. The third-order valence-corrected chi connectivity index (χ3v) is 14.4. The molecule has 0 spiro atoms. The lowest BCUT2D eigenvalue weighted by Crippen LogP contribution is -2.26. The van der Waals surface area contributed by atoms with Gasteiger partial charge < -0.3 is 0 Å². The topological polar surface area (TPSA) is 37.4 Å². The lowest BCUT2D eigenvalue weighted by molar-refractivity contribution is 0.0692. The van der Waals surface area contributed by atoms with Gasteiger partial charge in [-0.3, -0.25) is 24.2 Å². The van der Waals surface area contributed by atoms with Gasteiger partial charge in [0.2, 0.25) is 0 Å². The molecular weight excluding hydrogens is 496 g/mol. The van der Waals surface area contributed by atoms with Crippen LogP contribution in [0, 0.1) is 0 Å². The highest BCUT2D eigenvalue weighted by Crippen LogP contribution is 2.71. The molecule has 5 heterocycles. The van der Waals surface area contributed by atoms with E-state index in [0.29, 0.717) is 11.1 Å². The van der Waals surface area contributed by atoms with Crippen molar-refractivity contribution in [1.29, 1.82) is 0 Å². The molecule has 0 unspecified atom stereocenters. The molecule has 3 aromatic heterocycles. The molecule has 174 valence electrons. The van der Waals surface area contributed by atoms with E-state index in [0.717, 1.165) is 42.1 Å². The van der Waals surface area contributed by atoms with E-state index < -0.39 is 9.73 Å². The fourth-order valence-electron chi connectivity index (χ4n) is 4.38. The minimum absolute atomic E-state index is 0.0668. The Bertz CT molecular complexity index is 1380. The number of hydrogen-bond donors (Lipinski definition) is 0. The predicted molar refractivity (Wildman–Crippen MR) is 150 cm³/mol. The van der Waals surface area contributed by atoms with Gasteiger partial charge in [0.15, 0.2) is 0 Å². The summed E-state index contributed by atoms with van der Waals surface area (Å²) in [6.45, 7) is 13.1. The summed E-state index contributed by atoms with van der Waals surface area (Å²) in [6.07, 6.45) is 1.91. The van der Waals surface area contributed by atoms with Crippen molar-refractivity contribution in [3.05, 3.63) is 33.0 Å². The van der Waals surface area contributed by atoms with Gasteiger partial charge in [0.25, 0.3) is 11.8 Å². The molecule has 9 heteroatoms. The third-order valence-electron chi connectivity index (χ3n) is 7.55. The quantitative estimate of drug-likeness (QED) is 0.257. The number of thiophene rings is 3. The zero-order valence-corrected chi connectivity index (χ0v) is 23.9. The van der Waals surface area contributed by atoms with Gasteiger partial charge >= 0.3 is 0 Å². The maximum atomic E-state index is 13.2. The van der Waals surface area contributed by atoms with Gasteiger partial charge in [0, 0.05) is 21.7 Å². The highest BCUT2D eigenvalue weighted by atomic mass is 32.3. The van der Waals surface area contributed by atoms with Crippen molar-refractivity contribution >= 4 is 69.8 Å². The molecule has 3 nitrogen and oxygen atoms in total. The van der Waals surface area contributed by atoms with Gasteiger partial charge in [-0.1, -0.05) is 41.5 Å². The summed E-state index contributed by atoms with van der Waals surface area (Å²) in [5.41, 5.74) is 0.989. The second-order valence-corrected chi connectivity index (χ2v) is 15.9. The summed E-state index contributed by atoms with van der Waals surface area (Å²) in [4.78, 5) is 35.9. The first-order valence-electron chi connectivity index (χ1n) is 11.4. The van der Waals surface area contributed by atoms with Gasteiger partial charge in [-0.05, 0) is 45.6 Å². The van der Waals surface area contributed by atoms with Crippen LogP contribution in [0.25, 0.3) is 19.5 Å². The summed E-state index contributed by atoms with van der Waals surface area (Å²) in [5, 5.41) is 0. The van der Waals surface area contributed by atoms with Crippen LogP contribution in [0.3, 0.4) is 0 Å². The Morgan fingerprint density at radius 2 is 1.38 bits per heavy atom. The lowest BCUT2D eigenvalue weighted by atomic mass is 9.85. The average Bonchev–Trinajstić information content (AvgIpc) is 3.56. The summed E-state index contributed by atoms with van der Waals surface area (Å²) in [6, 6.07) is 4.30. The highest BCUT2D eigenvalue weighted by Gasteiger charge is 2.44. The van der Waals surface area contributed by atoms with Crippen LogP contribution in [0.15, 0.2) is 21.9 Å². The van der Waals surface area contributed by atoms with Crippen molar-refractivity contribution in [3.63, 3.8) is 0 Å². The minimum Gasteiger partial charge on any atom is -0.277 e. The maximum Gasteiger partial charge on any atom is 0.262 e. The summed E-state index contributed by atoms with van der Waals surface area (Å²) >= 11 is 5.03. The van der Waals surface area contributed by atoms with Crippen molar-refractivity contribution in [3.8, 4) is 19.5 Å². The Morgan fingerprint density at radius 3 is 2.00 bits per heavy atom. The molecule has 0 aromatic carbocycles. The van der Waals surface area contributed by atoms with E-state index in [1.807, 2.05) is 0 Å². The van der Waals surface area contributed by atoms with Crippen LogP contribution in [0.4, 0.5) is 0 Å². The van der Waals surface area contributed by atoms with Crippen LogP contribution >= 0.6 is 43.7 Å². The predicted octanol–water partition coefficient (Wildman–Crippen LogP) is 7.51. The number of carbonyl (C=O) groups excluding carboxylic acids is 2. The number of fused-ring (bicyclic) bond motifs is 4. The van der Waals surface area contributed by atoms with E-state index in [1.165, 1.54) is 14.7 Å².